The van der Waals surface area contributed by atoms with Gasteiger partial charge in [-0.1, -0.05) is 115 Å². The van der Waals surface area contributed by atoms with Crippen molar-refractivity contribution < 1.29 is 4.79 Å². The average molecular weight is 523 g/mol. The molecule has 0 heterocycles. The number of carbonyl (C=O) groups is 1. The lowest BCUT2D eigenvalue weighted by Crippen LogP contribution is -2.36. The van der Waals surface area contributed by atoms with Gasteiger partial charge in [-0.25, -0.2) is 0 Å². The first-order valence-corrected chi connectivity index (χ1v) is 14.0. The zero-order chi connectivity index (χ0) is 26.2. The number of ketones is 1. The lowest BCUT2D eigenvalue weighted by atomic mass is 9.96. The first-order valence-electron chi connectivity index (χ1n) is 13.6. The summed E-state index contributed by atoms with van der Waals surface area (Å²) >= 11 is 6.18. The van der Waals surface area contributed by atoms with E-state index < -0.39 is 0 Å². The predicted octanol–water partition coefficient (Wildman–Crippen LogP) is 7.66. The number of hydrogen-bond acceptors (Lipinski definition) is 3. The second-order valence-electron chi connectivity index (χ2n) is 10.2. The van der Waals surface area contributed by atoms with Crippen LogP contribution in [0, 0.1) is 0 Å². The maximum absolute atomic E-state index is 13.6. The van der Waals surface area contributed by atoms with Crippen molar-refractivity contribution in [1.82, 2.24) is 10.6 Å². The first kappa shape index (κ1) is 26.4. The van der Waals surface area contributed by atoms with Gasteiger partial charge < -0.3 is 10.6 Å². The van der Waals surface area contributed by atoms with Crippen LogP contribution in [0.2, 0.25) is 5.02 Å². The Hall–Kier alpha value is -3.24. The van der Waals surface area contributed by atoms with E-state index in [1.165, 1.54) is 12.0 Å². The summed E-state index contributed by atoms with van der Waals surface area (Å²) in [5, 5.41) is 7.94. The van der Waals surface area contributed by atoms with Gasteiger partial charge in [-0.05, 0) is 60.2 Å². The Bertz CT molecular complexity index is 1310. The summed E-state index contributed by atoms with van der Waals surface area (Å²) in [6.07, 6.45) is 4.05. The van der Waals surface area contributed by atoms with E-state index in [0.29, 0.717) is 23.5 Å². The smallest absolute Gasteiger partial charge is 0.179 e. The molecule has 0 saturated heterocycles. The topological polar surface area (TPSA) is 41.1 Å². The van der Waals surface area contributed by atoms with Crippen molar-refractivity contribution in [3.05, 3.63) is 131 Å². The fourth-order valence-electron chi connectivity index (χ4n) is 5.12. The highest BCUT2D eigenvalue weighted by atomic mass is 35.5. The fraction of sp³-hybridized carbons (Fsp3) is 0.265. The Morgan fingerprint density at radius 1 is 0.816 bits per heavy atom. The van der Waals surface area contributed by atoms with Gasteiger partial charge in [0.1, 0.15) is 0 Å². The Morgan fingerprint density at radius 2 is 1.53 bits per heavy atom. The van der Waals surface area contributed by atoms with E-state index in [-0.39, 0.29) is 11.8 Å². The molecule has 0 aliphatic heterocycles. The average Bonchev–Trinajstić information content (AvgIpc) is 3.75. The zero-order valence-corrected chi connectivity index (χ0v) is 22.4. The van der Waals surface area contributed by atoms with Crippen LogP contribution >= 0.6 is 11.6 Å². The minimum Gasteiger partial charge on any atom is -0.313 e. The third-order valence-corrected chi connectivity index (χ3v) is 7.61. The summed E-state index contributed by atoms with van der Waals surface area (Å²) in [5.41, 5.74) is 5.52. The van der Waals surface area contributed by atoms with E-state index in [1.54, 1.807) is 0 Å². The molecule has 0 bridgehead atoms. The molecule has 2 unspecified atom stereocenters. The summed E-state index contributed by atoms with van der Waals surface area (Å²) in [6, 6.07) is 37.2. The SMILES string of the molecule is O=C(c1ccc(-c2ccccc2)cc1)[C@H](CCCCNC1CC1c1ccccc1)NCc1cccc(Cl)c1. The highest BCUT2D eigenvalue weighted by molar-refractivity contribution is 6.30. The van der Waals surface area contributed by atoms with Crippen LogP contribution in [0.15, 0.2) is 109 Å². The van der Waals surface area contributed by atoms with Crippen LogP contribution in [0.1, 0.15) is 53.1 Å². The molecule has 4 aromatic rings. The molecule has 0 aromatic heterocycles. The fourth-order valence-corrected chi connectivity index (χ4v) is 5.34. The molecule has 3 atom stereocenters. The molecule has 0 radical (unpaired) electrons. The Labute approximate surface area is 231 Å². The number of rotatable bonds is 13. The highest BCUT2D eigenvalue weighted by Crippen LogP contribution is 2.40. The molecule has 1 aliphatic rings. The second-order valence-corrected chi connectivity index (χ2v) is 10.6. The lowest BCUT2D eigenvalue weighted by molar-refractivity contribution is 0.0935. The number of carbonyl (C=O) groups excluding carboxylic acids is 1. The van der Waals surface area contributed by atoms with Gasteiger partial charge >= 0.3 is 0 Å². The van der Waals surface area contributed by atoms with E-state index in [4.69, 9.17) is 11.6 Å². The minimum absolute atomic E-state index is 0.144. The molecule has 5 rings (SSSR count). The molecule has 1 saturated carbocycles. The van der Waals surface area contributed by atoms with Crippen molar-refractivity contribution in [2.45, 2.75) is 50.2 Å². The van der Waals surface area contributed by atoms with Crippen LogP contribution in [0.3, 0.4) is 0 Å². The van der Waals surface area contributed by atoms with Crippen molar-refractivity contribution in [3.8, 4) is 11.1 Å². The summed E-state index contributed by atoms with van der Waals surface area (Å²) in [7, 11) is 0. The van der Waals surface area contributed by atoms with Crippen molar-refractivity contribution in [3.63, 3.8) is 0 Å². The number of unbranched alkanes of at least 4 members (excludes halogenated alkanes) is 1. The summed E-state index contributed by atoms with van der Waals surface area (Å²) < 4.78 is 0. The Morgan fingerprint density at radius 3 is 2.26 bits per heavy atom. The third kappa shape index (κ3) is 7.20. The molecule has 2 N–H and O–H groups in total. The lowest BCUT2D eigenvalue weighted by Gasteiger charge is -2.18. The number of Topliss-reactive ketones (excluding diaryl/α,β-unsaturated/α-hetero) is 1. The standard InChI is InChI=1S/C34H35ClN2O/c35-30-15-9-10-25(22-30)24-37-32(16-7-8-21-36-33-23-31(33)28-13-5-2-6-14-28)34(38)29-19-17-27(18-20-29)26-11-3-1-4-12-26/h1-6,9-15,17-20,22,31-33,36-37H,7-8,16,21,23-24H2/t31?,32-,33?/m0/s1. The van der Waals surface area contributed by atoms with Gasteiger partial charge in [-0.15, -0.1) is 0 Å². The molecule has 38 heavy (non-hydrogen) atoms. The Kier molecular flexibility index (Phi) is 9.03. The summed E-state index contributed by atoms with van der Waals surface area (Å²) in [6.45, 7) is 1.59. The van der Waals surface area contributed by atoms with Crippen LogP contribution in [0.5, 0.6) is 0 Å². The van der Waals surface area contributed by atoms with Crippen molar-refractivity contribution >= 4 is 17.4 Å². The van der Waals surface area contributed by atoms with Crippen molar-refractivity contribution in [2.24, 2.45) is 0 Å². The van der Waals surface area contributed by atoms with Gasteiger partial charge in [0.2, 0.25) is 0 Å². The van der Waals surface area contributed by atoms with Crippen LogP contribution in [0.25, 0.3) is 11.1 Å². The second kappa shape index (κ2) is 13.0. The van der Waals surface area contributed by atoms with Gasteiger partial charge in [-0.3, -0.25) is 4.79 Å². The van der Waals surface area contributed by atoms with Crippen molar-refractivity contribution in [1.29, 1.82) is 0 Å². The van der Waals surface area contributed by atoms with Gasteiger partial charge in [0.15, 0.2) is 5.78 Å². The normalized spacial score (nSPS) is 17.2. The quantitative estimate of drug-likeness (QED) is 0.140. The molecule has 0 amide bonds. The van der Waals surface area contributed by atoms with E-state index in [0.717, 1.165) is 48.1 Å². The number of nitrogens with one attached hydrogen (secondary N) is 2. The molecule has 0 spiro atoms. The van der Waals surface area contributed by atoms with Crippen LogP contribution in [0.4, 0.5) is 0 Å². The van der Waals surface area contributed by atoms with E-state index >= 15 is 0 Å². The van der Waals surface area contributed by atoms with Gasteiger partial charge in [0.05, 0.1) is 6.04 Å². The van der Waals surface area contributed by atoms with Crippen LogP contribution in [-0.4, -0.2) is 24.4 Å². The van der Waals surface area contributed by atoms with Gasteiger partial charge in [0.25, 0.3) is 0 Å². The summed E-state index contributed by atoms with van der Waals surface area (Å²) in [4.78, 5) is 13.6. The van der Waals surface area contributed by atoms with Crippen molar-refractivity contribution in [2.75, 3.05) is 6.54 Å². The van der Waals surface area contributed by atoms with Gasteiger partial charge in [-0.2, -0.15) is 0 Å². The number of halogens is 1. The number of hydrogen-bond donors (Lipinski definition) is 2. The maximum atomic E-state index is 13.6. The molecular formula is C34H35ClN2O. The highest BCUT2D eigenvalue weighted by Gasteiger charge is 2.37. The Balaban J connectivity index is 1.16. The predicted molar refractivity (Wildman–Crippen MR) is 158 cm³/mol. The molecule has 3 nitrogen and oxygen atoms in total. The van der Waals surface area contributed by atoms with E-state index in [2.05, 4.69) is 53.1 Å². The van der Waals surface area contributed by atoms with E-state index in [9.17, 15) is 4.79 Å². The third-order valence-electron chi connectivity index (χ3n) is 7.38. The maximum Gasteiger partial charge on any atom is 0.179 e. The molecule has 4 aromatic carbocycles. The molecule has 4 heteroatoms. The molecule has 194 valence electrons. The minimum atomic E-state index is -0.241. The van der Waals surface area contributed by atoms with Crippen LogP contribution in [-0.2, 0) is 6.54 Å². The van der Waals surface area contributed by atoms with E-state index in [1.807, 2.05) is 66.7 Å². The molecule has 1 aliphatic carbocycles. The van der Waals surface area contributed by atoms with Crippen LogP contribution < -0.4 is 10.6 Å². The first-order chi connectivity index (χ1) is 18.7. The molecular weight excluding hydrogens is 488 g/mol. The monoisotopic (exact) mass is 522 g/mol. The largest absolute Gasteiger partial charge is 0.313 e. The summed E-state index contributed by atoms with van der Waals surface area (Å²) in [5.74, 6) is 0.787. The number of benzene rings is 4. The van der Waals surface area contributed by atoms with Gasteiger partial charge in [0, 0.05) is 29.1 Å². The molecule has 1 fully saturated rings. The zero-order valence-electron chi connectivity index (χ0n) is 21.7.